The largest absolute Gasteiger partial charge is 0.496 e. The number of nitrogens with zero attached hydrogens (tertiary/aromatic N) is 1. The Kier molecular flexibility index (Phi) is 9.85. The highest BCUT2D eigenvalue weighted by atomic mass is 16.6. The summed E-state index contributed by atoms with van der Waals surface area (Å²) in [5, 5.41) is 0. The Balaban J connectivity index is 1.79. The van der Waals surface area contributed by atoms with Gasteiger partial charge in [-0.25, -0.2) is 0 Å². The van der Waals surface area contributed by atoms with Crippen LogP contribution in [0.15, 0.2) is 103 Å². The minimum atomic E-state index is -0.568. The molecule has 0 aliphatic rings. The highest BCUT2D eigenvalue weighted by Crippen LogP contribution is 2.40. The molecule has 2 atom stereocenters. The zero-order valence-corrected chi connectivity index (χ0v) is 25.0. The van der Waals surface area contributed by atoms with Gasteiger partial charge in [-0.3, -0.25) is 9.69 Å². The van der Waals surface area contributed by atoms with Crippen LogP contribution in [0.1, 0.15) is 62.9 Å². The normalized spacial score (nSPS) is 13.0. The molecule has 4 aromatic rings. The third kappa shape index (κ3) is 7.77. The van der Waals surface area contributed by atoms with Crippen molar-refractivity contribution in [1.29, 1.82) is 0 Å². The maximum absolute atomic E-state index is 13.3. The molecule has 5 heteroatoms. The first-order valence-corrected chi connectivity index (χ1v) is 14.1. The maximum atomic E-state index is 13.3. The Morgan fingerprint density at radius 2 is 1.29 bits per heavy atom. The number of carbonyl (C=O) groups is 1. The van der Waals surface area contributed by atoms with Crippen molar-refractivity contribution in [1.82, 2.24) is 4.90 Å². The molecule has 0 saturated carbocycles. The van der Waals surface area contributed by atoms with Gasteiger partial charge in [-0.2, -0.15) is 0 Å². The van der Waals surface area contributed by atoms with E-state index in [9.17, 15) is 4.79 Å². The van der Waals surface area contributed by atoms with E-state index in [1.165, 1.54) is 11.1 Å². The number of rotatable bonds is 11. The van der Waals surface area contributed by atoms with Crippen molar-refractivity contribution in [3.05, 3.63) is 120 Å². The first kappa shape index (κ1) is 29.9. The van der Waals surface area contributed by atoms with Crippen LogP contribution >= 0.6 is 0 Å². The van der Waals surface area contributed by atoms with E-state index >= 15 is 0 Å². The highest BCUT2D eigenvalue weighted by molar-refractivity contribution is 5.77. The first-order chi connectivity index (χ1) is 19.7. The quantitative estimate of drug-likeness (QED) is 0.175. The van der Waals surface area contributed by atoms with E-state index in [2.05, 4.69) is 84.6 Å². The number of benzene rings is 4. The summed E-state index contributed by atoms with van der Waals surface area (Å²) in [6.45, 7) is 8.60. The molecule has 4 rings (SSSR count). The second kappa shape index (κ2) is 13.5. The Morgan fingerprint density at radius 1 is 0.732 bits per heavy atom. The third-order valence-electron chi connectivity index (χ3n) is 7.18. The lowest BCUT2D eigenvalue weighted by Crippen LogP contribution is -2.34. The lowest BCUT2D eigenvalue weighted by molar-refractivity contribution is -0.156. The number of esters is 1. The van der Waals surface area contributed by atoms with Crippen LogP contribution in [0.25, 0.3) is 11.1 Å². The summed E-state index contributed by atoms with van der Waals surface area (Å²) in [4.78, 5) is 15.7. The highest BCUT2D eigenvalue weighted by Gasteiger charge is 2.30. The average Bonchev–Trinajstić information content (AvgIpc) is 2.98. The standard InChI is InChI=1S/C36H41NO4/c1-26(28-16-11-8-12-17-28)37(25-27-14-9-7-10-15-27)31(24-34(38)41-36(2,3)4)29-20-22-30(23-21-29)35-32(39-5)18-13-19-33(35)40-6/h7-23,26,31H,24-25H2,1-6H3. The minimum absolute atomic E-state index is 0.0397. The Hall–Kier alpha value is -4.09. The molecule has 4 aromatic carbocycles. The Bertz CT molecular complexity index is 1370. The summed E-state index contributed by atoms with van der Waals surface area (Å²) in [5.74, 6) is 1.26. The van der Waals surface area contributed by atoms with Gasteiger partial charge in [-0.1, -0.05) is 91.0 Å². The topological polar surface area (TPSA) is 48.0 Å². The van der Waals surface area contributed by atoms with Crippen molar-refractivity contribution in [2.45, 2.75) is 58.3 Å². The molecule has 0 saturated heterocycles. The second-order valence-corrected chi connectivity index (χ2v) is 11.2. The van der Waals surface area contributed by atoms with Crippen LogP contribution in [0.4, 0.5) is 0 Å². The third-order valence-corrected chi connectivity index (χ3v) is 7.18. The molecule has 0 N–H and O–H groups in total. The number of methoxy groups -OCH3 is 2. The molecule has 2 unspecified atom stereocenters. The van der Waals surface area contributed by atoms with Crippen molar-refractivity contribution >= 4 is 5.97 Å². The molecule has 0 bridgehead atoms. The van der Waals surface area contributed by atoms with Gasteiger partial charge in [0.25, 0.3) is 0 Å². The summed E-state index contributed by atoms with van der Waals surface area (Å²) in [6, 6.07) is 34.8. The van der Waals surface area contributed by atoms with Gasteiger partial charge in [0.15, 0.2) is 0 Å². The van der Waals surface area contributed by atoms with Crippen LogP contribution < -0.4 is 9.47 Å². The molecular formula is C36H41NO4. The van der Waals surface area contributed by atoms with E-state index in [0.29, 0.717) is 6.54 Å². The fraction of sp³-hybridized carbons (Fsp3) is 0.306. The predicted octanol–water partition coefficient (Wildman–Crippen LogP) is 8.41. The number of carbonyl (C=O) groups excluding carboxylic acids is 1. The zero-order chi connectivity index (χ0) is 29.4. The van der Waals surface area contributed by atoms with Crippen LogP contribution in [0.3, 0.4) is 0 Å². The van der Waals surface area contributed by atoms with Gasteiger partial charge in [-0.15, -0.1) is 0 Å². The van der Waals surface area contributed by atoms with E-state index in [0.717, 1.165) is 28.2 Å². The van der Waals surface area contributed by atoms with Crippen molar-refractivity contribution in [2.75, 3.05) is 14.2 Å². The van der Waals surface area contributed by atoms with Crippen molar-refractivity contribution in [3.63, 3.8) is 0 Å². The number of hydrogen-bond donors (Lipinski definition) is 0. The van der Waals surface area contributed by atoms with Crippen LogP contribution in [-0.4, -0.2) is 30.7 Å². The summed E-state index contributed by atoms with van der Waals surface area (Å²) >= 11 is 0. The van der Waals surface area contributed by atoms with Crippen LogP contribution in [0, 0.1) is 0 Å². The molecule has 0 radical (unpaired) electrons. The van der Waals surface area contributed by atoms with Crippen molar-refractivity contribution < 1.29 is 19.0 Å². The molecule has 0 amide bonds. The molecule has 41 heavy (non-hydrogen) atoms. The monoisotopic (exact) mass is 551 g/mol. The molecule has 0 heterocycles. The summed E-state index contributed by atoms with van der Waals surface area (Å²) < 4.78 is 17.1. The summed E-state index contributed by atoms with van der Waals surface area (Å²) in [6.07, 6.45) is 0.221. The molecule has 0 fully saturated rings. The summed E-state index contributed by atoms with van der Waals surface area (Å²) in [5.41, 5.74) is 4.71. The van der Waals surface area contributed by atoms with Crippen molar-refractivity contribution in [2.24, 2.45) is 0 Å². The van der Waals surface area contributed by atoms with E-state index < -0.39 is 5.60 Å². The van der Waals surface area contributed by atoms with Crippen LogP contribution in [-0.2, 0) is 16.1 Å². The minimum Gasteiger partial charge on any atom is -0.496 e. The van der Waals surface area contributed by atoms with Crippen LogP contribution in [0.2, 0.25) is 0 Å². The molecule has 0 aliphatic carbocycles. The van der Waals surface area contributed by atoms with Gasteiger partial charge >= 0.3 is 5.97 Å². The lowest BCUT2D eigenvalue weighted by Gasteiger charge is -2.37. The van der Waals surface area contributed by atoms with Gasteiger partial charge in [-0.05, 0) is 62.1 Å². The number of ether oxygens (including phenoxy) is 3. The van der Waals surface area contributed by atoms with Crippen LogP contribution in [0.5, 0.6) is 11.5 Å². The van der Waals surface area contributed by atoms with Gasteiger partial charge in [0.1, 0.15) is 17.1 Å². The van der Waals surface area contributed by atoms with Gasteiger partial charge in [0, 0.05) is 18.6 Å². The maximum Gasteiger partial charge on any atom is 0.308 e. The predicted molar refractivity (Wildman–Crippen MR) is 165 cm³/mol. The number of hydrogen-bond acceptors (Lipinski definition) is 5. The Morgan fingerprint density at radius 3 is 1.83 bits per heavy atom. The zero-order valence-electron chi connectivity index (χ0n) is 25.0. The molecule has 0 aromatic heterocycles. The van der Waals surface area contributed by atoms with Gasteiger partial charge in [0.2, 0.25) is 0 Å². The first-order valence-electron chi connectivity index (χ1n) is 14.1. The van der Waals surface area contributed by atoms with Crippen molar-refractivity contribution in [3.8, 4) is 22.6 Å². The van der Waals surface area contributed by atoms with E-state index in [1.807, 2.05) is 51.1 Å². The SMILES string of the molecule is COc1cccc(OC)c1-c1ccc(C(CC(=O)OC(C)(C)C)N(Cc2ccccc2)C(C)c2ccccc2)cc1. The molecule has 0 aliphatic heterocycles. The lowest BCUT2D eigenvalue weighted by atomic mass is 9.94. The average molecular weight is 552 g/mol. The fourth-order valence-electron chi connectivity index (χ4n) is 5.21. The molecular weight excluding hydrogens is 510 g/mol. The van der Waals surface area contributed by atoms with Gasteiger partial charge in [0.05, 0.1) is 26.2 Å². The molecule has 0 spiro atoms. The summed E-state index contributed by atoms with van der Waals surface area (Å²) in [7, 11) is 3.33. The van der Waals surface area contributed by atoms with E-state index in [1.54, 1.807) is 14.2 Å². The Labute approximate surface area is 244 Å². The van der Waals surface area contributed by atoms with E-state index in [-0.39, 0.29) is 24.5 Å². The second-order valence-electron chi connectivity index (χ2n) is 11.2. The molecule has 214 valence electrons. The fourth-order valence-corrected chi connectivity index (χ4v) is 5.21. The molecule has 5 nitrogen and oxygen atoms in total. The van der Waals surface area contributed by atoms with E-state index in [4.69, 9.17) is 14.2 Å². The van der Waals surface area contributed by atoms with Gasteiger partial charge < -0.3 is 14.2 Å². The smallest absolute Gasteiger partial charge is 0.308 e.